The third-order valence-corrected chi connectivity index (χ3v) is 7.44. The van der Waals surface area contributed by atoms with Gasteiger partial charge in [-0.3, -0.25) is 29.7 Å². The Balaban J connectivity index is 1.44. The molecule has 2 amide bonds. The van der Waals surface area contributed by atoms with Crippen molar-refractivity contribution in [3.8, 4) is 0 Å². The van der Waals surface area contributed by atoms with Crippen molar-refractivity contribution in [1.82, 2.24) is 25.0 Å². The number of piperazine rings is 1. The highest BCUT2D eigenvalue weighted by molar-refractivity contribution is 5.96. The van der Waals surface area contributed by atoms with Crippen LogP contribution in [-0.4, -0.2) is 116 Å². The SMILES string of the molecule is CN1CC(F)CNC1C(C(=O)Nc1cnccc1N1CCN(C(=O)[C@H]2CCCN2C)CC1)C(N)N=O. The van der Waals surface area contributed by atoms with Crippen LogP contribution in [0.25, 0.3) is 0 Å². The number of nitroso groups, excluding NO2 is 1. The standard InChI is InChI=1S/C23H36FN9O3/c1-30-7-3-4-18(30)23(35)33-10-8-32(9-11-33)17-5-6-26-13-16(17)28-22(34)19(20(25)29-36)21-27-12-15(24)14-31(21)2/h5-6,13,15,18-21,27H,3-4,7-12,14,25H2,1-2H3,(H,28,34)/t15?,18-,19?,20?,21?/m1/s1. The Kier molecular flexibility index (Phi) is 8.44. The molecular weight excluding hydrogens is 469 g/mol. The smallest absolute Gasteiger partial charge is 0.240 e. The molecule has 1 aromatic rings. The molecule has 0 saturated carbocycles. The summed E-state index contributed by atoms with van der Waals surface area (Å²) in [4.78, 5) is 49.5. The molecule has 4 rings (SSSR count). The summed E-state index contributed by atoms with van der Waals surface area (Å²) in [6.07, 6.45) is 2.08. The third kappa shape index (κ3) is 5.64. The van der Waals surface area contributed by atoms with E-state index in [1.165, 1.54) is 0 Å². The summed E-state index contributed by atoms with van der Waals surface area (Å²) in [6, 6.07) is 1.77. The van der Waals surface area contributed by atoms with E-state index >= 15 is 0 Å². The van der Waals surface area contributed by atoms with Crippen molar-refractivity contribution < 1.29 is 14.0 Å². The molecule has 0 radical (unpaired) electrons. The van der Waals surface area contributed by atoms with Gasteiger partial charge in [-0.15, -0.1) is 4.91 Å². The molecular formula is C23H36FN9O3. The molecule has 13 heteroatoms. The zero-order valence-electron chi connectivity index (χ0n) is 20.8. The quantitative estimate of drug-likeness (QED) is 0.424. The number of aromatic nitrogens is 1. The van der Waals surface area contributed by atoms with Crippen molar-refractivity contribution in [2.24, 2.45) is 16.8 Å². The number of alkyl halides is 1. The summed E-state index contributed by atoms with van der Waals surface area (Å²) >= 11 is 0. The Bertz CT molecular complexity index is 945. The molecule has 3 aliphatic rings. The number of hydrogen-bond donors (Lipinski definition) is 3. The monoisotopic (exact) mass is 505 g/mol. The van der Waals surface area contributed by atoms with Crippen molar-refractivity contribution in [1.29, 1.82) is 0 Å². The highest BCUT2D eigenvalue weighted by atomic mass is 19.1. The van der Waals surface area contributed by atoms with E-state index in [1.54, 1.807) is 24.3 Å². The largest absolute Gasteiger partial charge is 0.366 e. The predicted molar refractivity (Wildman–Crippen MR) is 134 cm³/mol. The topological polar surface area (TPSA) is 140 Å². The summed E-state index contributed by atoms with van der Waals surface area (Å²) in [7, 11) is 3.66. The lowest BCUT2D eigenvalue weighted by Gasteiger charge is -2.40. The lowest BCUT2D eigenvalue weighted by atomic mass is 9.98. The number of halogens is 1. The fourth-order valence-electron chi connectivity index (χ4n) is 5.42. The van der Waals surface area contributed by atoms with Gasteiger partial charge in [0.15, 0.2) is 6.17 Å². The van der Waals surface area contributed by atoms with Crippen molar-refractivity contribution >= 4 is 23.2 Å². The number of pyridine rings is 1. The van der Waals surface area contributed by atoms with Gasteiger partial charge in [-0.05, 0) is 39.5 Å². The first-order valence-corrected chi connectivity index (χ1v) is 12.4. The second-order valence-corrected chi connectivity index (χ2v) is 9.84. The fraction of sp³-hybridized carbons (Fsp3) is 0.696. The van der Waals surface area contributed by atoms with Gasteiger partial charge in [0.2, 0.25) is 11.8 Å². The number of rotatable bonds is 7. The highest BCUT2D eigenvalue weighted by Crippen LogP contribution is 2.28. The fourth-order valence-corrected chi connectivity index (χ4v) is 5.42. The van der Waals surface area contributed by atoms with Gasteiger partial charge in [0.25, 0.3) is 0 Å². The maximum Gasteiger partial charge on any atom is 0.240 e. The molecule has 0 bridgehead atoms. The van der Waals surface area contributed by atoms with Crippen LogP contribution in [0.2, 0.25) is 0 Å². The molecule has 1 aromatic heterocycles. The Morgan fingerprint density at radius 1 is 1.22 bits per heavy atom. The van der Waals surface area contributed by atoms with Gasteiger partial charge in [0, 0.05) is 45.5 Å². The summed E-state index contributed by atoms with van der Waals surface area (Å²) in [6.45, 7) is 3.51. The molecule has 36 heavy (non-hydrogen) atoms. The molecule has 4 N–H and O–H groups in total. The van der Waals surface area contributed by atoms with E-state index in [0.717, 1.165) is 25.1 Å². The second kappa shape index (κ2) is 11.5. The molecule has 3 aliphatic heterocycles. The summed E-state index contributed by atoms with van der Waals surface area (Å²) in [5.74, 6) is -1.36. The summed E-state index contributed by atoms with van der Waals surface area (Å²) in [5, 5.41) is 8.73. The minimum atomic E-state index is -1.32. The number of nitrogens with two attached hydrogens (primary N) is 1. The van der Waals surface area contributed by atoms with Crippen LogP contribution in [0.3, 0.4) is 0 Å². The number of likely N-dealkylation sites (N-methyl/N-ethyl adjacent to an activating group) is 1. The van der Waals surface area contributed by atoms with Crippen LogP contribution in [0, 0.1) is 10.8 Å². The van der Waals surface area contributed by atoms with Crippen LogP contribution < -0.4 is 21.3 Å². The molecule has 0 aromatic carbocycles. The summed E-state index contributed by atoms with van der Waals surface area (Å²) in [5.41, 5.74) is 7.16. The molecule has 12 nitrogen and oxygen atoms in total. The zero-order valence-corrected chi connectivity index (χ0v) is 20.8. The van der Waals surface area contributed by atoms with E-state index in [2.05, 4.69) is 30.6 Å². The first-order valence-electron chi connectivity index (χ1n) is 12.4. The third-order valence-electron chi connectivity index (χ3n) is 7.44. The lowest BCUT2D eigenvalue weighted by molar-refractivity contribution is -0.135. The van der Waals surface area contributed by atoms with E-state index in [4.69, 9.17) is 5.73 Å². The van der Waals surface area contributed by atoms with Crippen molar-refractivity contribution in [2.75, 3.05) is 70.1 Å². The number of carbonyl (C=O) groups excluding carboxylic acids is 2. The van der Waals surface area contributed by atoms with Gasteiger partial charge in [-0.25, -0.2) is 4.39 Å². The van der Waals surface area contributed by atoms with Crippen LogP contribution in [0.4, 0.5) is 15.8 Å². The predicted octanol–water partition coefficient (Wildman–Crippen LogP) is -0.370. The number of likely N-dealkylation sites (tertiary alicyclic amines) is 1. The van der Waals surface area contributed by atoms with Crippen molar-refractivity contribution in [3.05, 3.63) is 23.4 Å². The van der Waals surface area contributed by atoms with Gasteiger partial charge in [0.05, 0.1) is 29.8 Å². The van der Waals surface area contributed by atoms with Crippen molar-refractivity contribution in [3.63, 3.8) is 0 Å². The molecule has 3 fully saturated rings. The molecule has 198 valence electrons. The number of hydrogen-bond acceptors (Lipinski definition) is 10. The number of carbonyl (C=O) groups is 2. The van der Waals surface area contributed by atoms with E-state index in [1.807, 2.05) is 18.0 Å². The van der Waals surface area contributed by atoms with Gasteiger partial charge in [0.1, 0.15) is 12.1 Å². The van der Waals surface area contributed by atoms with Crippen LogP contribution >= 0.6 is 0 Å². The van der Waals surface area contributed by atoms with Crippen LogP contribution in [0.1, 0.15) is 12.8 Å². The van der Waals surface area contributed by atoms with Crippen molar-refractivity contribution in [2.45, 2.75) is 37.4 Å². The Hall–Kier alpha value is -2.74. The minimum absolute atomic E-state index is 0.0425. The second-order valence-electron chi connectivity index (χ2n) is 9.84. The van der Waals surface area contributed by atoms with Gasteiger partial charge < -0.3 is 20.9 Å². The zero-order chi connectivity index (χ0) is 25.8. The van der Waals surface area contributed by atoms with E-state index in [9.17, 15) is 18.9 Å². The van der Waals surface area contributed by atoms with Gasteiger partial charge in [-0.1, -0.05) is 5.18 Å². The number of nitrogens with one attached hydrogen (secondary N) is 2. The van der Waals surface area contributed by atoms with Crippen LogP contribution in [0.5, 0.6) is 0 Å². The van der Waals surface area contributed by atoms with Crippen LogP contribution in [-0.2, 0) is 9.59 Å². The number of anilines is 2. The average molecular weight is 506 g/mol. The highest BCUT2D eigenvalue weighted by Gasteiger charge is 2.40. The first-order chi connectivity index (χ1) is 17.3. The lowest BCUT2D eigenvalue weighted by Crippen LogP contribution is -2.62. The maximum absolute atomic E-state index is 13.8. The molecule has 4 unspecified atom stereocenters. The molecule has 3 saturated heterocycles. The van der Waals surface area contributed by atoms with E-state index in [-0.39, 0.29) is 25.0 Å². The molecule has 5 atom stereocenters. The normalized spacial score (nSPS) is 27.5. The Labute approximate surface area is 210 Å². The minimum Gasteiger partial charge on any atom is -0.366 e. The molecule has 4 heterocycles. The molecule has 0 spiro atoms. The number of amides is 2. The van der Waals surface area contributed by atoms with E-state index in [0.29, 0.717) is 31.9 Å². The molecule has 0 aliphatic carbocycles. The van der Waals surface area contributed by atoms with E-state index < -0.39 is 30.3 Å². The summed E-state index contributed by atoms with van der Waals surface area (Å²) < 4.78 is 13.8. The van der Waals surface area contributed by atoms with Gasteiger partial charge >= 0.3 is 0 Å². The average Bonchev–Trinajstić information content (AvgIpc) is 3.31. The van der Waals surface area contributed by atoms with Crippen LogP contribution in [0.15, 0.2) is 23.6 Å². The Morgan fingerprint density at radius 2 is 1.97 bits per heavy atom. The maximum atomic E-state index is 13.8. The number of nitrogens with zero attached hydrogens (tertiary/aromatic N) is 6. The first kappa shape index (κ1) is 26.3. The van der Waals surface area contributed by atoms with Gasteiger partial charge in [-0.2, -0.15) is 0 Å². The Morgan fingerprint density at radius 3 is 2.61 bits per heavy atom.